The third kappa shape index (κ3) is 32.1. The van der Waals surface area contributed by atoms with E-state index in [1.165, 1.54) is 173 Å². The molecule has 71 heavy (non-hydrogen) atoms. The molecule has 0 atom stereocenters. The minimum atomic E-state index is -1.06. The number of carboxylic acid groups (broad SMARTS) is 3. The van der Waals surface area contributed by atoms with Crippen LogP contribution in [-0.4, -0.2) is 52.9 Å². The van der Waals surface area contributed by atoms with Gasteiger partial charge < -0.3 is 20.1 Å². The van der Waals surface area contributed by atoms with Crippen molar-refractivity contribution in [3.63, 3.8) is 0 Å². The second-order valence-electron chi connectivity index (χ2n) is 23.1. The standard InChI is InChI=1S/C23H42O2Si.3C13H22O2/c1-20(2)23(16-18-26(3,4)19-17-23)25-22(24)21-14-12-10-8-6-5-7-9-11-13-15-21;3*14-13(15)12-10-8-6-4-2-1-3-5-7-9-11-12/h14,20H,5-13,15-19H2,1-4H3;3*10H,1-9,11H2,(H,14,15). The van der Waals surface area contributed by atoms with Crippen LogP contribution in [0.25, 0.3) is 0 Å². The topological polar surface area (TPSA) is 138 Å². The van der Waals surface area contributed by atoms with Crippen molar-refractivity contribution in [2.45, 2.75) is 314 Å². The number of aliphatic carboxylic acids is 3. The Morgan fingerprint density at radius 3 is 0.873 bits per heavy atom. The summed E-state index contributed by atoms with van der Waals surface area (Å²) in [5, 5.41) is 26.9. The largest absolute Gasteiger partial charge is 0.478 e. The van der Waals surface area contributed by atoms with Gasteiger partial charge in [0.05, 0.1) is 0 Å². The molecule has 5 rings (SSSR count). The zero-order chi connectivity index (χ0) is 51.8. The molecule has 1 fully saturated rings. The molecule has 0 bridgehead atoms. The summed E-state index contributed by atoms with van der Waals surface area (Å²) >= 11 is 0. The van der Waals surface area contributed by atoms with Gasteiger partial charge in [-0.25, -0.2) is 19.2 Å². The molecular weight excluding hydrogens is 901 g/mol. The first-order valence-electron chi connectivity index (χ1n) is 30.0. The van der Waals surface area contributed by atoms with Crippen molar-refractivity contribution in [1.82, 2.24) is 0 Å². The Morgan fingerprint density at radius 1 is 0.394 bits per heavy atom. The van der Waals surface area contributed by atoms with Crippen LogP contribution in [0.4, 0.5) is 0 Å². The second kappa shape index (κ2) is 40.4. The van der Waals surface area contributed by atoms with E-state index >= 15 is 0 Å². The average molecular weight is 1010 g/mol. The van der Waals surface area contributed by atoms with E-state index in [1.807, 2.05) is 18.2 Å². The molecule has 0 aromatic carbocycles. The minimum absolute atomic E-state index is 0.00266. The van der Waals surface area contributed by atoms with Gasteiger partial charge in [-0.2, -0.15) is 0 Å². The lowest BCUT2D eigenvalue weighted by Crippen LogP contribution is -2.48. The number of ether oxygens (including phenoxy) is 1. The van der Waals surface area contributed by atoms with Gasteiger partial charge in [0.1, 0.15) is 5.60 Å². The van der Waals surface area contributed by atoms with Gasteiger partial charge in [-0.05, 0) is 121 Å². The molecule has 1 heterocycles. The third-order valence-electron chi connectivity index (χ3n) is 16.0. The predicted octanol–water partition coefficient (Wildman–Crippen LogP) is 19.0. The Labute approximate surface area is 436 Å². The summed E-state index contributed by atoms with van der Waals surface area (Å²) in [6.45, 7) is 9.44. The zero-order valence-electron chi connectivity index (χ0n) is 46.4. The Hall–Kier alpha value is -2.94. The first kappa shape index (κ1) is 64.2. The number of carboxylic acids is 3. The minimum Gasteiger partial charge on any atom is -0.478 e. The molecule has 0 aromatic rings. The first-order valence-corrected chi connectivity index (χ1v) is 33.4. The van der Waals surface area contributed by atoms with Crippen LogP contribution in [0.3, 0.4) is 0 Å². The van der Waals surface area contributed by atoms with E-state index in [2.05, 4.69) is 33.0 Å². The average Bonchev–Trinajstić information content (AvgIpc) is 3.31. The predicted molar refractivity (Wildman–Crippen MR) is 300 cm³/mol. The summed E-state index contributed by atoms with van der Waals surface area (Å²) in [5.41, 5.74) is 2.65. The third-order valence-corrected chi connectivity index (χ3v) is 19.3. The fourth-order valence-electron chi connectivity index (χ4n) is 10.8. The van der Waals surface area contributed by atoms with E-state index in [0.717, 1.165) is 115 Å². The molecule has 0 aromatic heterocycles. The van der Waals surface area contributed by atoms with Gasteiger partial charge in [0.2, 0.25) is 0 Å². The van der Waals surface area contributed by atoms with E-state index < -0.39 is 26.0 Å². The molecule has 3 N–H and O–H groups in total. The number of allylic oxidation sites excluding steroid dienone is 4. The van der Waals surface area contributed by atoms with Crippen LogP contribution in [-0.2, 0) is 23.9 Å². The fraction of sp³-hybridized carbons (Fsp3) is 0.806. The first-order chi connectivity index (χ1) is 34.3. The van der Waals surface area contributed by atoms with Crippen molar-refractivity contribution in [2.75, 3.05) is 0 Å². The number of hydrogen-bond donors (Lipinski definition) is 3. The summed E-state index contributed by atoms with van der Waals surface area (Å²) < 4.78 is 6.31. The van der Waals surface area contributed by atoms with Crippen molar-refractivity contribution >= 4 is 32.0 Å². The summed E-state index contributed by atoms with van der Waals surface area (Å²) in [6.07, 6.45) is 57.2. The summed E-state index contributed by atoms with van der Waals surface area (Å²) in [7, 11) is -1.06. The van der Waals surface area contributed by atoms with Crippen molar-refractivity contribution in [2.24, 2.45) is 5.92 Å². The van der Waals surface area contributed by atoms with Crippen molar-refractivity contribution in [3.8, 4) is 0 Å². The van der Waals surface area contributed by atoms with E-state index in [9.17, 15) is 19.2 Å². The normalized spacial score (nSPS) is 22.4. The van der Waals surface area contributed by atoms with Gasteiger partial charge >= 0.3 is 23.9 Å². The van der Waals surface area contributed by atoms with Gasteiger partial charge in [-0.15, -0.1) is 0 Å². The van der Waals surface area contributed by atoms with Gasteiger partial charge in [0, 0.05) is 30.4 Å². The molecule has 0 spiro atoms. The SMILES string of the molecule is CC(C)C1(OC(=O)C2=CCCCCCCCCCC2)CC[Si](C)(C)CC1.O=C(O)C1=CCCCCCCCCCC1.O=C(O)C1=CCCCCCCCCCC1.O=C(O)C1=CCCCCCCCCCC1. The molecule has 0 saturated carbocycles. The molecule has 5 aliphatic rings. The van der Waals surface area contributed by atoms with Crippen LogP contribution in [0.5, 0.6) is 0 Å². The number of carbonyl (C=O) groups is 4. The molecule has 0 radical (unpaired) electrons. The van der Waals surface area contributed by atoms with Crippen LogP contribution in [0.15, 0.2) is 46.6 Å². The maximum Gasteiger partial charge on any atom is 0.334 e. The maximum atomic E-state index is 13.1. The number of rotatable bonds is 6. The number of esters is 1. The lowest BCUT2D eigenvalue weighted by atomic mass is 9.84. The van der Waals surface area contributed by atoms with Gasteiger partial charge in [-0.3, -0.25) is 0 Å². The molecule has 0 amide bonds. The molecule has 0 unspecified atom stereocenters. The highest BCUT2D eigenvalue weighted by atomic mass is 28.3. The highest BCUT2D eigenvalue weighted by Crippen LogP contribution is 2.43. The highest BCUT2D eigenvalue weighted by Gasteiger charge is 2.44. The van der Waals surface area contributed by atoms with Gasteiger partial charge in [0.25, 0.3) is 0 Å². The van der Waals surface area contributed by atoms with E-state index in [0.29, 0.717) is 22.6 Å². The Morgan fingerprint density at radius 2 is 0.620 bits per heavy atom. The molecular formula is C62H108O8Si. The van der Waals surface area contributed by atoms with Crippen LogP contribution >= 0.6 is 0 Å². The lowest BCUT2D eigenvalue weighted by molar-refractivity contribution is -0.162. The summed E-state index contributed by atoms with van der Waals surface area (Å²) in [5.74, 6) is -1.74. The van der Waals surface area contributed by atoms with E-state index in [1.54, 1.807) is 0 Å². The second-order valence-corrected chi connectivity index (χ2v) is 28.4. The Balaban J connectivity index is 0.000000337. The Bertz CT molecular complexity index is 1460. The molecule has 408 valence electrons. The molecule has 4 aliphatic carbocycles. The number of carbonyl (C=O) groups excluding carboxylic acids is 1. The smallest absolute Gasteiger partial charge is 0.334 e. The van der Waals surface area contributed by atoms with Gasteiger partial charge in [0.15, 0.2) is 0 Å². The Kier molecular flexibility index (Phi) is 36.6. The quantitative estimate of drug-likeness (QED) is 0.177. The molecule has 1 aliphatic heterocycles. The van der Waals surface area contributed by atoms with Crippen LogP contribution in [0.2, 0.25) is 25.2 Å². The molecule has 8 nitrogen and oxygen atoms in total. The van der Waals surface area contributed by atoms with Gasteiger partial charge in [-0.1, -0.05) is 217 Å². The van der Waals surface area contributed by atoms with E-state index in [4.69, 9.17) is 20.1 Å². The van der Waals surface area contributed by atoms with Crippen molar-refractivity contribution < 1.29 is 39.2 Å². The highest BCUT2D eigenvalue weighted by molar-refractivity contribution is 6.77. The summed E-state index contributed by atoms with van der Waals surface area (Å²) in [4.78, 5) is 45.8. The van der Waals surface area contributed by atoms with Crippen LogP contribution < -0.4 is 0 Å². The fourth-order valence-corrected chi connectivity index (χ4v) is 13.2. The maximum absolute atomic E-state index is 13.1. The molecule has 1 saturated heterocycles. The monoisotopic (exact) mass is 1010 g/mol. The lowest BCUT2D eigenvalue weighted by Gasteiger charge is -2.45. The molecule has 9 heteroatoms. The van der Waals surface area contributed by atoms with Crippen molar-refractivity contribution in [3.05, 3.63) is 46.6 Å². The van der Waals surface area contributed by atoms with E-state index in [-0.39, 0.29) is 11.6 Å². The summed E-state index contributed by atoms with van der Waals surface area (Å²) in [6, 6.07) is 2.58. The van der Waals surface area contributed by atoms with Crippen molar-refractivity contribution in [1.29, 1.82) is 0 Å². The number of hydrogen-bond acceptors (Lipinski definition) is 5. The van der Waals surface area contributed by atoms with Crippen LogP contribution in [0.1, 0.15) is 284 Å². The zero-order valence-corrected chi connectivity index (χ0v) is 47.4. The van der Waals surface area contributed by atoms with Crippen LogP contribution in [0, 0.1) is 5.92 Å².